The Morgan fingerprint density at radius 1 is 1.12 bits per heavy atom. The summed E-state index contributed by atoms with van der Waals surface area (Å²) in [4.78, 5) is 0. The number of unbranched alkanes of at least 4 members (excludes halogenated alkanes) is 3. The summed E-state index contributed by atoms with van der Waals surface area (Å²) in [6.07, 6.45) is 10.7. The number of aliphatic hydroxyl groups is 2. The van der Waals surface area contributed by atoms with E-state index in [0.717, 1.165) is 45.1 Å². The van der Waals surface area contributed by atoms with Crippen molar-refractivity contribution in [2.24, 2.45) is 0 Å². The van der Waals surface area contributed by atoms with Gasteiger partial charge in [-0.05, 0) is 44.6 Å². The lowest BCUT2D eigenvalue weighted by Crippen LogP contribution is -2.22. The second-order valence-electron chi connectivity index (χ2n) is 7.19. The number of rotatable bonds is 14. The highest BCUT2D eigenvalue weighted by molar-refractivity contribution is 5.13. The van der Waals surface area contributed by atoms with Crippen LogP contribution in [-0.2, 0) is 11.3 Å². The van der Waals surface area contributed by atoms with Crippen LogP contribution in [0.5, 0.6) is 0 Å². The lowest BCUT2D eigenvalue weighted by molar-refractivity contribution is 0.0510. The van der Waals surface area contributed by atoms with Crippen LogP contribution in [0.1, 0.15) is 70.8 Å². The summed E-state index contributed by atoms with van der Waals surface area (Å²) in [5.74, 6) is 0. The number of benzene rings is 1. The smallest absolute Gasteiger partial charge is 0.0720 e. The molecule has 0 saturated carbocycles. The van der Waals surface area contributed by atoms with Gasteiger partial charge in [0.05, 0.1) is 18.3 Å². The first-order chi connectivity index (χ1) is 12.0. The molecule has 0 saturated heterocycles. The van der Waals surface area contributed by atoms with Crippen LogP contribution in [0.2, 0.25) is 0 Å². The first-order valence-electron chi connectivity index (χ1n) is 9.72. The maximum atomic E-state index is 10.3. The molecule has 1 aromatic rings. The highest BCUT2D eigenvalue weighted by atomic mass is 16.5. The maximum Gasteiger partial charge on any atom is 0.0720 e. The van der Waals surface area contributed by atoms with E-state index in [1.54, 1.807) is 0 Å². The molecule has 0 amide bonds. The first-order valence-corrected chi connectivity index (χ1v) is 9.72. The molecule has 3 heteroatoms. The molecule has 25 heavy (non-hydrogen) atoms. The highest BCUT2D eigenvalue weighted by Gasteiger charge is 2.17. The predicted octanol–water partition coefficient (Wildman–Crippen LogP) is 5.01. The molecular weight excluding hydrogens is 312 g/mol. The average molecular weight is 349 g/mol. The molecule has 0 aliphatic carbocycles. The number of hydrogen-bond acceptors (Lipinski definition) is 3. The van der Waals surface area contributed by atoms with Gasteiger partial charge in [0.25, 0.3) is 0 Å². The summed E-state index contributed by atoms with van der Waals surface area (Å²) < 4.78 is 5.64. The van der Waals surface area contributed by atoms with Gasteiger partial charge in [0.1, 0.15) is 0 Å². The Kier molecular flexibility index (Phi) is 11.5. The molecule has 0 aromatic heterocycles. The summed E-state index contributed by atoms with van der Waals surface area (Å²) in [5.41, 5.74) is 0.535. The van der Waals surface area contributed by atoms with Crippen molar-refractivity contribution in [2.75, 3.05) is 6.61 Å². The van der Waals surface area contributed by atoms with Crippen LogP contribution >= 0.6 is 0 Å². The van der Waals surface area contributed by atoms with Crippen LogP contribution in [0.3, 0.4) is 0 Å². The van der Waals surface area contributed by atoms with Crippen molar-refractivity contribution < 1.29 is 14.9 Å². The van der Waals surface area contributed by atoms with Crippen LogP contribution in [0.4, 0.5) is 0 Å². The lowest BCUT2D eigenvalue weighted by atomic mass is 9.94. The number of hydrogen-bond donors (Lipinski definition) is 2. The monoisotopic (exact) mass is 348 g/mol. The van der Waals surface area contributed by atoms with Gasteiger partial charge >= 0.3 is 0 Å². The fourth-order valence-corrected chi connectivity index (χ4v) is 2.75. The van der Waals surface area contributed by atoms with E-state index in [-0.39, 0.29) is 0 Å². The summed E-state index contributed by atoms with van der Waals surface area (Å²) in [7, 11) is 0. The second kappa shape index (κ2) is 13.1. The zero-order valence-corrected chi connectivity index (χ0v) is 16.0. The molecule has 1 rings (SSSR count). The minimum atomic E-state index is -0.656. The van der Waals surface area contributed by atoms with Gasteiger partial charge in [-0.1, -0.05) is 68.7 Å². The third kappa shape index (κ3) is 11.9. The molecule has 0 fully saturated rings. The van der Waals surface area contributed by atoms with Crippen LogP contribution < -0.4 is 0 Å². The number of aliphatic hydroxyl groups excluding tert-OH is 1. The Balaban J connectivity index is 2.05. The van der Waals surface area contributed by atoms with E-state index in [4.69, 9.17) is 4.74 Å². The molecule has 3 nitrogen and oxygen atoms in total. The Morgan fingerprint density at radius 3 is 2.60 bits per heavy atom. The quantitative estimate of drug-likeness (QED) is 0.367. The summed E-state index contributed by atoms with van der Waals surface area (Å²) in [6.45, 7) is 5.41. The van der Waals surface area contributed by atoms with E-state index in [2.05, 4.69) is 19.1 Å². The normalized spacial score (nSPS) is 15.4. The van der Waals surface area contributed by atoms with Crippen LogP contribution in [0.15, 0.2) is 42.5 Å². The zero-order valence-electron chi connectivity index (χ0n) is 16.0. The van der Waals surface area contributed by atoms with Gasteiger partial charge in [0, 0.05) is 6.61 Å². The standard InChI is InChI=1S/C22H36O3/c1-3-4-9-16-22(2,24)17-11-15-21(23)14-8-10-18-25-19-20-12-6-5-7-13-20/h5-7,11-13,15,21,23-24H,3-4,8-10,14,16-19H2,1-2H3/b15-11+/t21-,22+/m0/s1. The van der Waals surface area contributed by atoms with Crippen molar-refractivity contribution in [3.8, 4) is 0 Å². The fourth-order valence-electron chi connectivity index (χ4n) is 2.75. The minimum absolute atomic E-state index is 0.430. The van der Waals surface area contributed by atoms with Crippen molar-refractivity contribution in [2.45, 2.75) is 83.5 Å². The topological polar surface area (TPSA) is 49.7 Å². The lowest BCUT2D eigenvalue weighted by Gasteiger charge is -2.21. The van der Waals surface area contributed by atoms with E-state index in [1.807, 2.05) is 37.3 Å². The minimum Gasteiger partial charge on any atom is -0.390 e. The van der Waals surface area contributed by atoms with Crippen molar-refractivity contribution in [1.82, 2.24) is 0 Å². The molecule has 142 valence electrons. The van der Waals surface area contributed by atoms with Crippen LogP contribution in [-0.4, -0.2) is 28.5 Å². The second-order valence-corrected chi connectivity index (χ2v) is 7.19. The largest absolute Gasteiger partial charge is 0.390 e. The Bertz CT molecular complexity index is 454. The van der Waals surface area contributed by atoms with Gasteiger partial charge in [-0.25, -0.2) is 0 Å². The summed E-state index contributed by atoms with van der Waals surface area (Å²) in [5, 5.41) is 20.3. The highest BCUT2D eigenvalue weighted by Crippen LogP contribution is 2.19. The van der Waals surface area contributed by atoms with Gasteiger partial charge < -0.3 is 14.9 Å². The van der Waals surface area contributed by atoms with E-state index >= 15 is 0 Å². The third-order valence-corrected chi connectivity index (χ3v) is 4.38. The summed E-state index contributed by atoms with van der Waals surface area (Å²) >= 11 is 0. The van der Waals surface area contributed by atoms with E-state index in [1.165, 1.54) is 12.0 Å². The predicted molar refractivity (Wildman–Crippen MR) is 104 cm³/mol. The fraction of sp³-hybridized carbons (Fsp3) is 0.636. The van der Waals surface area contributed by atoms with Gasteiger partial charge in [-0.3, -0.25) is 0 Å². The van der Waals surface area contributed by atoms with Gasteiger partial charge in [-0.2, -0.15) is 0 Å². The molecule has 0 spiro atoms. The summed E-state index contributed by atoms with van der Waals surface area (Å²) in [6, 6.07) is 10.2. The third-order valence-electron chi connectivity index (χ3n) is 4.38. The molecule has 0 heterocycles. The zero-order chi connectivity index (χ0) is 18.4. The van der Waals surface area contributed by atoms with Crippen molar-refractivity contribution >= 4 is 0 Å². The van der Waals surface area contributed by atoms with E-state index in [0.29, 0.717) is 13.0 Å². The molecule has 0 unspecified atom stereocenters. The van der Waals surface area contributed by atoms with Gasteiger partial charge in [-0.15, -0.1) is 0 Å². The SMILES string of the molecule is CCCCC[C@@](C)(O)C/C=C/[C@@H](O)CCCCOCc1ccccc1. The molecule has 0 bridgehead atoms. The van der Waals surface area contributed by atoms with Crippen molar-refractivity contribution in [1.29, 1.82) is 0 Å². The molecule has 0 radical (unpaired) electrons. The van der Waals surface area contributed by atoms with Crippen LogP contribution in [0, 0.1) is 0 Å². The number of ether oxygens (including phenoxy) is 1. The average Bonchev–Trinajstić information content (AvgIpc) is 2.59. The first kappa shape index (κ1) is 21.9. The maximum absolute atomic E-state index is 10.3. The van der Waals surface area contributed by atoms with E-state index in [9.17, 15) is 10.2 Å². The molecule has 2 atom stereocenters. The molecular formula is C22H36O3. The van der Waals surface area contributed by atoms with Crippen molar-refractivity contribution in [3.05, 3.63) is 48.0 Å². The molecule has 0 aliphatic heterocycles. The molecule has 2 N–H and O–H groups in total. The Morgan fingerprint density at radius 2 is 1.88 bits per heavy atom. The Hall–Kier alpha value is -1.16. The Labute approximate surface area is 153 Å². The van der Waals surface area contributed by atoms with Crippen LogP contribution in [0.25, 0.3) is 0 Å². The van der Waals surface area contributed by atoms with Gasteiger partial charge in [0.2, 0.25) is 0 Å². The molecule has 0 aliphatic rings. The van der Waals surface area contributed by atoms with Crippen molar-refractivity contribution in [3.63, 3.8) is 0 Å². The molecule has 1 aromatic carbocycles. The van der Waals surface area contributed by atoms with Gasteiger partial charge in [0.15, 0.2) is 0 Å². The van der Waals surface area contributed by atoms with E-state index < -0.39 is 11.7 Å².